The highest BCUT2D eigenvalue weighted by atomic mass is 32.2. The fourth-order valence-electron chi connectivity index (χ4n) is 6.86. The molecule has 2 fully saturated rings. The van der Waals surface area contributed by atoms with Gasteiger partial charge in [0.15, 0.2) is 5.78 Å². The lowest BCUT2D eigenvalue weighted by molar-refractivity contribution is -0.140. The van der Waals surface area contributed by atoms with Crippen molar-refractivity contribution in [1.82, 2.24) is 19.7 Å². The average Bonchev–Trinajstić information content (AvgIpc) is 3.47. The fourth-order valence-corrected chi connectivity index (χ4v) is 7.75. The van der Waals surface area contributed by atoms with Crippen molar-refractivity contribution in [1.29, 1.82) is 0 Å². The number of benzene rings is 2. The van der Waals surface area contributed by atoms with E-state index in [9.17, 15) is 27.6 Å². The molecule has 11 nitrogen and oxygen atoms in total. The lowest BCUT2D eigenvalue weighted by Crippen LogP contribution is -2.53. The van der Waals surface area contributed by atoms with Crippen LogP contribution in [0.2, 0.25) is 0 Å². The molecule has 2 heterocycles. The molecule has 5 rings (SSSR count). The molecule has 2 aliphatic heterocycles. The molecule has 0 radical (unpaired) electrons. The number of carbonyl (C=O) groups is 4. The number of fused-ring (bicyclic) bond motifs is 3. The SMILES string of the molecule is CC(C)(C)OC(=O)N[C@H]1CCCCC/C=C\[C@@H]2C[C@@]2(C(=O)NS(=O)(=O)NCCc2ccc3ccccc3c2)CC(=O)[C@@H]2CCCN2C1=O. The Morgan fingerprint density at radius 2 is 1.77 bits per heavy atom. The van der Waals surface area contributed by atoms with E-state index in [1.165, 1.54) is 4.90 Å². The van der Waals surface area contributed by atoms with E-state index in [1.54, 1.807) is 20.8 Å². The first-order valence-corrected chi connectivity index (χ1v) is 18.5. The molecule has 1 aliphatic carbocycles. The zero-order chi connectivity index (χ0) is 34.5. The lowest BCUT2D eigenvalue weighted by atomic mass is 9.91. The molecular formula is C36H48N4O7S. The van der Waals surface area contributed by atoms with Crippen molar-refractivity contribution in [3.63, 3.8) is 0 Å². The number of amides is 3. The van der Waals surface area contributed by atoms with Gasteiger partial charge in [-0.1, -0.05) is 67.5 Å². The number of ether oxygens (including phenoxy) is 1. The lowest BCUT2D eigenvalue weighted by Gasteiger charge is -2.30. The van der Waals surface area contributed by atoms with Crippen LogP contribution in [0.15, 0.2) is 54.6 Å². The average molecular weight is 681 g/mol. The number of hydrogen-bond donors (Lipinski definition) is 3. The zero-order valence-electron chi connectivity index (χ0n) is 28.1. The van der Waals surface area contributed by atoms with Gasteiger partial charge in [0.2, 0.25) is 11.8 Å². The maximum absolute atomic E-state index is 13.9. The van der Waals surface area contributed by atoms with Gasteiger partial charge in [-0.2, -0.15) is 13.1 Å². The van der Waals surface area contributed by atoms with Gasteiger partial charge in [-0.05, 0) is 88.0 Å². The Morgan fingerprint density at radius 3 is 2.54 bits per heavy atom. The number of allylic oxidation sites excluding steroid dienone is 2. The highest BCUT2D eigenvalue weighted by Crippen LogP contribution is 2.57. The van der Waals surface area contributed by atoms with Gasteiger partial charge in [-0.15, -0.1) is 0 Å². The predicted molar refractivity (Wildman–Crippen MR) is 183 cm³/mol. The van der Waals surface area contributed by atoms with Gasteiger partial charge >= 0.3 is 16.3 Å². The number of ketones is 1. The van der Waals surface area contributed by atoms with Gasteiger partial charge in [0.1, 0.15) is 11.6 Å². The Kier molecular flexibility index (Phi) is 10.9. The second-order valence-electron chi connectivity index (χ2n) is 14.3. The van der Waals surface area contributed by atoms with Crippen molar-refractivity contribution in [2.75, 3.05) is 13.1 Å². The van der Waals surface area contributed by atoms with Crippen LogP contribution in [-0.2, 0) is 35.8 Å². The van der Waals surface area contributed by atoms with Gasteiger partial charge in [0.05, 0.1) is 11.5 Å². The molecule has 1 saturated heterocycles. The zero-order valence-corrected chi connectivity index (χ0v) is 28.9. The number of alkyl carbamates (subject to hydrolysis) is 1. The summed E-state index contributed by atoms with van der Waals surface area (Å²) in [7, 11) is -4.20. The molecular weight excluding hydrogens is 632 g/mol. The standard InChI is InChI=1S/C36H48N4O7S/c1-35(2,3)47-34(44)38-29-15-8-6-4-5-7-14-28-23-36(28,24-31(41)30-16-11-21-40(30)32(29)42)33(43)39-48(45,46)37-20-19-25-17-18-26-12-9-10-13-27(26)22-25/h7,9-10,12-14,17-18,22,28-30,37H,4-6,8,11,15-16,19-21,23-24H2,1-3H3,(H,38,44)(H,39,43)/b14-7-/t28-,29+,30+,36-/m1/s1. The number of Topliss-reactive ketones (excluding diaryl/α,β-unsaturated/α-hetero) is 1. The van der Waals surface area contributed by atoms with Crippen molar-refractivity contribution >= 4 is 44.7 Å². The molecule has 12 heteroatoms. The molecule has 4 atom stereocenters. The van der Waals surface area contributed by atoms with Gasteiger partial charge < -0.3 is 15.0 Å². The quantitative estimate of drug-likeness (QED) is 0.359. The van der Waals surface area contributed by atoms with Crippen LogP contribution in [0.4, 0.5) is 4.79 Å². The molecule has 260 valence electrons. The van der Waals surface area contributed by atoms with E-state index < -0.39 is 45.3 Å². The van der Waals surface area contributed by atoms with E-state index in [0.717, 1.165) is 35.6 Å². The maximum Gasteiger partial charge on any atom is 0.408 e. The molecule has 48 heavy (non-hydrogen) atoms. The summed E-state index contributed by atoms with van der Waals surface area (Å²) in [5, 5.41) is 4.89. The van der Waals surface area contributed by atoms with E-state index in [4.69, 9.17) is 4.74 Å². The first kappa shape index (κ1) is 35.5. The first-order chi connectivity index (χ1) is 22.8. The van der Waals surface area contributed by atoms with E-state index >= 15 is 0 Å². The van der Waals surface area contributed by atoms with E-state index in [-0.39, 0.29) is 30.6 Å². The molecule has 0 unspecified atom stereocenters. The fraction of sp³-hybridized carbons (Fsp3) is 0.556. The normalized spacial score (nSPS) is 26.1. The smallest absolute Gasteiger partial charge is 0.408 e. The third-order valence-corrected chi connectivity index (χ3v) is 10.5. The summed E-state index contributed by atoms with van der Waals surface area (Å²) < 4.78 is 36.1. The van der Waals surface area contributed by atoms with Crippen LogP contribution >= 0.6 is 0 Å². The Balaban J connectivity index is 1.26. The van der Waals surface area contributed by atoms with Gasteiger partial charge in [0.25, 0.3) is 0 Å². The maximum atomic E-state index is 13.9. The minimum absolute atomic E-state index is 0.0911. The van der Waals surface area contributed by atoms with Gasteiger partial charge in [-0.25, -0.2) is 9.52 Å². The summed E-state index contributed by atoms with van der Waals surface area (Å²) in [6.07, 6.45) is 8.41. The first-order valence-electron chi connectivity index (χ1n) is 17.1. The Hall–Kier alpha value is -3.77. The topological polar surface area (TPSA) is 151 Å². The van der Waals surface area contributed by atoms with Crippen LogP contribution in [0.5, 0.6) is 0 Å². The van der Waals surface area contributed by atoms with Crippen LogP contribution in [-0.4, -0.2) is 67.8 Å². The van der Waals surface area contributed by atoms with Crippen LogP contribution in [0.25, 0.3) is 10.8 Å². The van der Waals surface area contributed by atoms with Crippen molar-refractivity contribution in [2.45, 2.75) is 103 Å². The molecule has 3 amide bonds. The largest absolute Gasteiger partial charge is 0.444 e. The van der Waals surface area contributed by atoms with Gasteiger partial charge in [-0.3, -0.25) is 14.4 Å². The van der Waals surface area contributed by atoms with Crippen molar-refractivity contribution in [3.8, 4) is 0 Å². The van der Waals surface area contributed by atoms with E-state index in [0.29, 0.717) is 45.1 Å². The van der Waals surface area contributed by atoms with E-state index in [2.05, 4.69) is 14.8 Å². The summed E-state index contributed by atoms with van der Waals surface area (Å²) in [6.45, 7) is 5.70. The van der Waals surface area contributed by atoms with Crippen LogP contribution < -0.4 is 14.8 Å². The number of rotatable bonds is 7. The van der Waals surface area contributed by atoms with Crippen LogP contribution in [0.3, 0.4) is 0 Å². The minimum atomic E-state index is -4.20. The Morgan fingerprint density at radius 1 is 1.00 bits per heavy atom. The van der Waals surface area contributed by atoms with Crippen molar-refractivity contribution in [3.05, 3.63) is 60.2 Å². The highest BCUT2D eigenvalue weighted by molar-refractivity contribution is 7.88. The summed E-state index contributed by atoms with van der Waals surface area (Å²) in [4.78, 5) is 55.5. The third kappa shape index (κ3) is 9.02. The minimum Gasteiger partial charge on any atom is -0.444 e. The number of hydrogen-bond acceptors (Lipinski definition) is 7. The van der Waals surface area contributed by atoms with Crippen LogP contribution in [0, 0.1) is 11.3 Å². The number of carbonyl (C=O) groups excluding carboxylic acids is 4. The predicted octanol–water partition coefficient (Wildman–Crippen LogP) is 4.70. The van der Waals surface area contributed by atoms with Crippen molar-refractivity contribution < 1.29 is 32.3 Å². The summed E-state index contributed by atoms with van der Waals surface area (Å²) in [5.41, 5.74) is -0.992. The second kappa shape index (κ2) is 14.8. The summed E-state index contributed by atoms with van der Waals surface area (Å²) >= 11 is 0. The Bertz CT molecular complexity index is 1670. The molecule has 2 aromatic carbocycles. The monoisotopic (exact) mass is 680 g/mol. The van der Waals surface area contributed by atoms with Gasteiger partial charge in [0, 0.05) is 19.5 Å². The Labute approximate surface area is 283 Å². The summed E-state index contributed by atoms with van der Waals surface area (Å²) in [5.74, 6) is -1.62. The molecule has 1 saturated carbocycles. The number of nitrogens with one attached hydrogen (secondary N) is 3. The highest BCUT2D eigenvalue weighted by Gasteiger charge is 2.61. The molecule has 3 aliphatic rings. The molecule has 0 spiro atoms. The molecule has 3 N–H and O–H groups in total. The van der Waals surface area contributed by atoms with E-state index in [1.807, 2.05) is 54.6 Å². The second-order valence-corrected chi connectivity index (χ2v) is 15.8. The third-order valence-electron chi connectivity index (χ3n) is 9.45. The van der Waals surface area contributed by atoms with Crippen molar-refractivity contribution in [2.24, 2.45) is 11.3 Å². The number of nitrogens with zero attached hydrogens (tertiary/aromatic N) is 1. The van der Waals surface area contributed by atoms with Crippen LogP contribution in [0.1, 0.15) is 84.1 Å². The molecule has 2 aromatic rings. The summed E-state index contributed by atoms with van der Waals surface area (Å²) in [6, 6.07) is 12.3. The molecule has 0 aromatic heterocycles. The molecule has 0 bridgehead atoms.